The van der Waals surface area contributed by atoms with Gasteiger partial charge in [-0.15, -0.1) is 0 Å². The lowest BCUT2D eigenvalue weighted by molar-refractivity contribution is 0.282. The molecule has 3 atom stereocenters. The van der Waals surface area contributed by atoms with Gasteiger partial charge in [-0.2, -0.15) is 0 Å². The van der Waals surface area contributed by atoms with Crippen LogP contribution in [0.25, 0.3) is 0 Å². The van der Waals surface area contributed by atoms with Crippen molar-refractivity contribution in [1.82, 2.24) is 4.98 Å². The van der Waals surface area contributed by atoms with E-state index in [4.69, 9.17) is 10.7 Å². The van der Waals surface area contributed by atoms with Crippen molar-refractivity contribution in [3.8, 4) is 0 Å². The Morgan fingerprint density at radius 2 is 2.15 bits per heavy atom. The molecule has 2 aliphatic rings. The highest BCUT2D eigenvalue weighted by Gasteiger charge is 2.36. The second-order valence-corrected chi connectivity index (χ2v) is 8.36. The molecule has 0 saturated carbocycles. The first-order valence-corrected chi connectivity index (χ1v) is 8.76. The number of thiazole rings is 1. The van der Waals surface area contributed by atoms with Gasteiger partial charge in [-0.1, -0.05) is 32.1 Å². The Morgan fingerprint density at radius 1 is 1.40 bits per heavy atom. The molecule has 1 saturated heterocycles. The quantitative estimate of drug-likeness (QED) is 0.899. The SMILES string of the molecule is CCC1CCC(C)N1c1nc2c(s1)C(N)CC(C)(C)C2. The first kappa shape index (κ1) is 14.3. The number of aromatic nitrogens is 1. The van der Waals surface area contributed by atoms with Crippen molar-refractivity contribution in [3.05, 3.63) is 10.6 Å². The molecule has 4 heteroatoms. The first-order chi connectivity index (χ1) is 9.41. The Balaban J connectivity index is 1.93. The van der Waals surface area contributed by atoms with Crippen molar-refractivity contribution < 1.29 is 0 Å². The van der Waals surface area contributed by atoms with Crippen LogP contribution in [0.2, 0.25) is 0 Å². The minimum atomic E-state index is 0.179. The van der Waals surface area contributed by atoms with Crippen LogP contribution >= 0.6 is 11.3 Å². The van der Waals surface area contributed by atoms with Crippen molar-refractivity contribution in [2.24, 2.45) is 11.1 Å². The minimum absolute atomic E-state index is 0.179. The van der Waals surface area contributed by atoms with E-state index in [1.165, 1.54) is 35.0 Å². The van der Waals surface area contributed by atoms with Crippen LogP contribution in [0.1, 0.15) is 70.0 Å². The fourth-order valence-electron chi connectivity index (χ4n) is 3.91. The van der Waals surface area contributed by atoms with Crippen molar-refractivity contribution in [2.45, 2.75) is 77.9 Å². The molecule has 20 heavy (non-hydrogen) atoms. The summed E-state index contributed by atoms with van der Waals surface area (Å²) in [5.74, 6) is 0. The standard InChI is InChI=1S/C16H27N3S/c1-5-11-7-6-10(2)19(11)15-18-13-9-16(3,4)8-12(17)14(13)20-15/h10-12H,5-9,17H2,1-4H3. The Kier molecular flexibility index (Phi) is 3.57. The van der Waals surface area contributed by atoms with Gasteiger partial charge < -0.3 is 10.6 Å². The summed E-state index contributed by atoms with van der Waals surface area (Å²) in [4.78, 5) is 8.89. The lowest BCUT2D eigenvalue weighted by Gasteiger charge is -2.32. The van der Waals surface area contributed by atoms with Crippen LogP contribution in [0, 0.1) is 5.41 Å². The molecule has 1 aromatic rings. The van der Waals surface area contributed by atoms with Crippen LogP contribution < -0.4 is 10.6 Å². The molecule has 2 heterocycles. The topological polar surface area (TPSA) is 42.2 Å². The molecule has 3 rings (SSSR count). The van der Waals surface area contributed by atoms with E-state index >= 15 is 0 Å². The lowest BCUT2D eigenvalue weighted by atomic mass is 9.77. The molecule has 0 bridgehead atoms. The van der Waals surface area contributed by atoms with Crippen LogP contribution in [0.4, 0.5) is 5.13 Å². The number of hydrogen-bond donors (Lipinski definition) is 1. The monoisotopic (exact) mass is 293 g/mol. The molecule has 0 amide bonds. The third-order valence-corrected chi connectivity index (χ3v) is 6.19. The van der Waals surface area contributed by atoms with E-state index in [1.54, 1.807) is 0 Å². The van der Waals surface area contributed by atoms with Crippen LogP contribution in [-0.2, 0) is 6.42 Å². The Hall–Kier alpha value is -0.610. The third kappa shape index (κ3) is 2.37. The van der Waals surface area contributed by atoms with Crippen LogP contribution in [0.3, 0.4) is 0 Å². The molecular weight excluding hydrogens is 266 g/mol. The summed E-state index contributed by atoms with van der Waals surface area (Å²) in [7, 11) is 0. The van der Waals surface area contributed by atoms with Crippen molar-refractivity contribution >= 4 is 16.5 Å². The average molecular weight is 293 g/mol. The molecule has 0 spiro atoms. The predicted octanol–water partition coefficient (Wildman–Crippen LogP) is 3.88. The highest BCUT2D eigenvalue weighted by atomic mass is 32.1. The minimum Gasteiger partial charge on any atom is -0.342 e. The van der Waals surface area contributed by atoms with Crippen molar-refractivity contribution in [2.75, 3.05) is 4.90 Å². The van der Waals surface area contributed by atoms with Gasteiger partial charge in [0.25, 0.3) is 0 Å². The van der Waals surface area contributed by atoms with Gasteiger partial charge in [-0.25, -0.2) is 4.98 Å². The van der Waals surface area contributed by atoms with Crippen molar-refractivity contribution in [3.63, 3.8) is 0 Å². The molecule has 0 radical (unpaired) electrons. The summed E-state index contributed by atoms with van der Waals surface area (Å²) < 4.78 is 0. The van der Waals surface area contributed by atoms with E-state index in [-0.39, 0.29) is 6.04 Å². The smallest absolute Gasteiger partial charge is 0.186 e. The van der Waals surface area contributed by atoms with Crippen LogP contribution in [-0.4, -0.2) is 17.1 Å². The highest BCUT2D eigenvalue weighted by Crippen LogP contribution is 2.45. The van der Waals surface area contributed by atoms with Gasteiger partial charge in [0.15, 0.2) is 5.13 Å². The number of rotatable bonds is 2. The molecular formula is C16H27N3S. The van der Waals surface area contributed by atoms with E-state index in [0.717, 1.165) is 12.8 Å². The summed E-state index contributed by atoms with van der Waals surface area (Å²) in [6, 6.07) is 1.47. The van der Waals surface area contributed by atoms with Gasteiger partial charge in [-0.3, -0.25) is 0 Å². The summed E-state index contributed by atoms with van der Waals surface area (Å²) in [6.45, 7) is 9.24. The normalized spacial score (nSPS) is 32.5. The molecule has 112 valence electrons. The van der Waals surface area contributed by atoms with E-state index in [2.05, 4.69) is 32.6 Å². The van der Waals surface area contributed by atoms with Gasteiger partial charge in [0.05, 0.1) is 5.69 Å². The van der Waals surface area contributed by atoms with E-state index in [9.17, 15) is 0 Å². The molecule has 1 aromatic heterocycles. The molecule has 3 unspecified atom stereocenters. The van der Waals surface area contributed by atoms with Crippen LogP contribution in [0.5, 0.6) is 0 Å². The zero-order valence-corrected chi connectivity index (χ0v) is 14.0. The molecule has 1 aliphatic carbocycles. The summed E-state index contributed by atoms with van der Waals surface area (Å²) in [5, 5.41) is 1.22. The van der Waals surface area contributed by atoms with Gasteiger partial charge in [-0.05, 0) is 44.4 Å². The molecule has 1 aliphatic heterocycles. The van der Waals surface area contributed by atoms with Gasteiger partial charge in [0, 0.05) is 23.0 Å². The maximum atomic E-state index is 6.39. The molecule has 3 nitrogen and oxygen atoms in total. The van der Waals surface area contributed by atoms with E-state index in [0.29, 0.717) is 17.5 Å². The number of fused-ring (bicyclic) bond motifs is 1. The van der Waals surface area contributed by atoms with Gasteiger partial charge >= 0.3 is 0 Å². The third-order valence-electron chi connectivity index (χ3n) is 4.95. The largest absolute Gasteiger partial charge is 0.342 e. The van der Waals surface area contributed by atoms with Crippen molar-refractivity contribution in [1.29, 1.82) is 0 Å². The van der Waals surface area contributed by atoms with Crippen LogP contribution in [0.15, 0.2) is 0 Å². The van der Waals surface area contributed by atoms with E-state index < -0.39 is 0 Å². The molecule has 1 fully saturated rings. The first-order valence-electron chi connectivity index (χ1n) is 7.95. The lowest BCUT2D eigenvalue weighted by Crippen LogP contribution is -2.34. The highest BCUT2D eigenvalue weighted by molar-refractivity contribution is 7.15. The average Bonchev–Trinajstić information content (AvgIpc) is 2.90. The Bertz CT molecular complexity index is 494. The summed E-state index contributed by atoms with van der Waals surface area (Å²) in [6.07, 6.45) is 5.96. The fourth-order valence-corrected chi connectivity index (χ4v) is 5.17. The molecule has 2 N–H and O–H groups in total. The molecule has 0 aromatic carbocycles. The number of nitrogens with two attached hydrogens (primary N) is 1. The summed E-state index contributed by atoms with van der Waals surface area (Å²) in [5.41, 5.74) is 7.94. The second-order valence-electron chi connectivity index (χ2n) is 7.35. The fraction of sp³-hybridized carbons (Fsp3) is 0.812. The number of nitrogens with zero attached hydrogens (tertiary/aromatic N) is 2. The predicted molar refractivity (Wildman–Crippen MR) is 86.4 cm³/mol. The summed E-state index contributed by atoms with van der Waals surface area (Å²) >= 11 is 1.85. The number of hydrogen-bond acceptors (Lipinski definition) is 4. The Labute approximate surface area is 126 Å². The zero-order valence-electron chi connectivity index (χ0n) is 13.1. The maximum Gasteiger partial charge on any atom is 0.186 e. The zero-order chi connectivity index (χ0) is 14.5. The second kappa shape index (κ2) is 4.99. The Morgan fingerprint density at radius 3 is 2.85 bits per heavy atom. The van der Waals surface area contributed by atoms with E-state index in [1.807, 2.05) is 11.3 Å². The maximum absolute atomic E-state index is 6.39. The van der Waals surface area contributed by atoms with Gasteiger partial charge in [0.2, 0.25) is 0 Å². The number of anilines is 1. The van der Waals surface area contributed by atoms with Gasteiger partial charge in [0.1, 0.15) is 0 Å².